The Hall–Kier alpha value is -1.69. The number of halogens is 2. The molecule has 0 heterocycles. The Morgan fingerprint density at radius 3 is 2.83 bits per heavy atom. The lowest BCUT2D eigenvalue weighted by Crippen LogP contribution is -2.37. The molecular weight excluding hydrogens is 242 g/mol. The van der Waals surface area contributed by atoms with Gasteiger partial charge in [0.15, 0.2) is 0 Å². The molecule has 0 unspecified atom stereocenters. The zero-order valence-electron chi connectivity index (χ0n) is 10.0. The minimum absolute atomic E-state index is 0.270. The lowest BCUT2D eigenvalue weighted by Gasteiger charge is -2.10. The van der Waals surface area contributed by atoms with Crippen LogP contribution in [0.2, 0.25) is 0 Å². The van der Waals surface area contributed by atoms with Crippen molar-refractivity contribution >= 4 is 5.91 Å². The third-order valence-electron chi connectivity index (χ3n) is 2.15. The number of hydrogen-bond acceptors (Lipinski definition) is 3. The van der Waals surface area contributed by atoms with Gasteiger partial charge in [-0.2, -0.15) is 0 Å². The molecule has 0 spiro atoms. The largest absolute Gasteiger partial charge is 0.488 e. The predicted octanol–water partition coefficient (Wildman–Crippen LogP) is 1.29. The van der Waals surface area contributed by atoms with E-state index in [0.717, 1.165) is 5.56 Å². The second-order valence-electron chi connectivity index (χ2n) is 3.86. The first kappa shape index (κ1) is 14.4. The average molecular weight is 258 g/mol. The van der Waals surface area contributed by atoms with Crippen LogP contribution in [0.15, 0.2) is 24.3 Å². The normalized spacial score (nSPS) is 12.3. The van der Waals surface area contributed by atoms with Crippen LogP contribution in [0.25, 0.3) is 0 Å². The maximum Gasteiger partial charge on any atom is 0.272 e. The van der Waals surface area contributed by atoms with Gasteiger partial charge in [0.2, 0.25) is 5.91 Å². The number of carbonyl (C=O) groups excluding carboxylic acids is 1. The molecule has 0 saturated heterocycles. The highest BCUT2D eigenvalue weighted by atomic mass is 19.3. The van der Waals surface area contributed by atoms with E-state index in [1.807, 2.05) is 0 Å². The summed E-state index contributed by atoms with van der Waals surface area (Å²) in [5.41, 5.74) is 6.15. The third-order valence-corrected chi connectivity index (χ3v) is 2.15. The molecule has 0 fully saturated rings. The van der Waals surface area contributed by atoms with Crippen molar-refractivity contribution in [2.24, 2.45) is 5.73 Å². The fourth-order valence-electron chi connectivity index (χ4n) is 1.25. The van der Waals surface area contributed by atoms with Gasteiger partial charge in [-0.25, -0.2) is 8.78 Å². The maximum atomic E-state index is 12.0. The summed E-state index contributed by atoms with van der Waals surface area (Å²) in [4.78, 5) is 11.2. The van der Waals surface area contributed by atoms with E-state index in [2.05, 4.69) is 5.32 Å². The Morgan fingerprint density at radius 2 is 2.22 bits per heavy atom. The molecule has 100 valence electrons. The number of benzene rings is 1. The van der Waals surface area contributed by atoms with Gasteiger partial charge in [0.05, 0.1) is 6.04 Å². The van der Waals surface area contributed by atoms with E-state index in [4.69, 9.17) is 10.5 Å². The number of ether oxygens (including phenoxy) is 1. The number of rotatable bonds is 6. The lowest BCUT2D eigenvalue weighted by molar-refractivity contribution is -0.122. The van der Waals surface area contributed by atoms with Gasteiger partial charge in [0.1, 0.15) is 12.4 Å². The summed E-state index contributed by atoms with van der Waals surface area (Å²) in [6.45, 7) is 1.22. The second-order valence-corrected chi connectivity index (χ2v) is 3.86. The quantitative estimate of drug-likeness (QED) is 0.808. The first-order valence-electron chi connectivity index (χ1n) is 5.52. The molecule has 1 atom stereocenters. The van der Waals surface area contributed by atoms with Gasteiger partial charge >= 0.3 is 0 Å². The van der Waals surface area contributed by atoms with Crippen LogP contribution in [-0.4, -0.2) is 25.0 Å². The highest BCUT2D eigenvalue weighted by Crippen LogP contribution is 2.14. The fraction of sp³-hybridized carbons (Fsp3) is 0.417. The molecule has 3 N–H and O–H groups in total. The van der Waals surface area contributed by atoms with Crippen molar-refractivity contribution in [1.82, 2.24) is 5.32 Å². The van der Waals surface area contributed by atoms with Crippen LogP contribution in [-0.2, 0) is 11.3 Å². The molecule has 6 heteroatoms. The van der Waals surface area contributed by atoms with Gasteiger partial charge in [-0.1, -0.05) is 12.1 Å². The number of nitrogens with one attached hydrogen (secondary N) is 1. The van der Waals surface area contributed by atoms with Crippen molar-refractivity contribution in [3.05, 3.63) is 29.8 Å². The van der Waals surface area contributed by atoms with Gasteiger partial charge in [-0.3, -0.25) is 4.79 Å². The molecule has 0 saturated carbocycles. The van der Waals surface area contributed by atoms with Crippen LogP contribution < -0.4 is 15.8 Å². The Morgan fingerprint density at radius 1 is 1.50 bits per heavy atom. The molecule has 0 aromatic heterocycles. The summed E-state index contributed by atoms with van der Waals surface area (Å²) in [6.07, 6.45) is -2.51. The molecule has 0 aliphatic carbocycles. The number of hydrogen-bond donors (Lipinski definition) is 2. The van der Waals surface area contributed by atoms with E-state index >= 15 is 0 Å². The van der Waals surface area contributed by atoms with Gasteiger partial charge in [-0.15, -0.1) is 0 Å². The summed E-state index contributed by atoms with van der Waals surface area (Å²) < 4.78 is 28.8. The smallest absolute Gasteiger partial charge is 0.272 e. The monoisotopic (exact) mass is 258 g/mol. The Bertz CT molecular complexity index is 397. The zero-order chi connectivity index (χ0) is 13.5. The van der Waals surface area contributed by atoms with E-state index in [1.165, 1.54) is 0 Å². The molecule has 0 bridgehead atoms. The van der Waals surface area contributed by atoms with E-state index in [9.17, 15) is 13.6 Å². The van der Waals surface area contributed by atoms with Crippen LogP contribution in [0.5, 0.6) is 5.75 Å². The van der Waals surface area contributed by atoms with Crippen molar-refractivity contribution < 1.29 is 18.3 Å². The van der Waals surface area contributed by atoms with Crippen LogP contribution in [0, 0.1) is 0 Å². The third kappa shape index (κ3) is 5.09. The standard InChI is InChI=1S/C12H16F2N2O2/c1-8(15)12(17)16-6-9-3-2-4-10(5-9)18-7-11(13)14/h2-5,8,11H,6-7,15H2,1H3,(H,16,17)/t8-/m1/s1. The number of carbonyl (C=O) groups is 1. The van der Waals surface area contributed by atoms with Crippen LogP contribution >= 0.6 is 0 Å². The van der Waals surface area contributed by atoms with Gasteiger partial charge < -0.3 is 15.8 Å². The molecule has 1 rings (SSSR count). The fourth-order valence-corrected chi connectivity index (χ4v) is 1.25. The van der Waals surface area contributed by atoms with E-state index in [-0.39, 0.29) is 12.5 Å². The van der Waals surface area contributed by atoms with Crippen molar-refractivity contribution in [3.8, 4) is 5.75 Å². The molecule has 1 aromatic carbocycles. The van der Waals surface area contributed by atoms with Crippen molar-refractivity contribution in [2.75, 3.05) is 6.61 Å². The lowest BCUT2D eigenvalue weighted by atomic mass is 10.2. The zero-order valence-corrected chi connectivity index (χ0v) is 10.0. The number of amides is 1. The topological polar surface area (TPSA) is 64.4 Å². The molecule has 1 amide bonds. The van der Waals surface area contributed by atoms with E-state index in [0.29, 0.717) is 5.75 Å². The first-order valence-corrected chi connectivity index (χ1v) is 5.52. The summed E-state index contributed by atoms with van der Waals surface area (Å²) in [5, 5.41) is 2.62. The summed E-state index contributed by atoms with van der Waals surface area (Å²) in [5.74, 6) is 0.0803. The summed E-state index contributed by atoms with van der Waals surface area (Å²) >= 11 is 0. The molecule has 0 radical (unpaired) electrons. The molecular formula is C12H16F2N2O2. The first-order chi connectivity index (χ1) is 8.49. The van der Waals surface area contributed by atoms with Gasteiger partial charge in [-0.05, 0) is 24.6 Å². The highest BCUT2D eigenvalue weighted by Gasteiger charge is 2.07. The summed E-state index contributed by atoms with van der Waals surface area (Å²) in [7, 11) is 0. The minimum Gasteiger partial charge on any atom is -0.488 e. The van der Waals surface area contributed by atoms with Crippen molar-refractivity contribution in [2.45, 2.75) is 25.9 Å². The van der Waals surface area contributed by atoms with E-state index < -0.39 is 19.1 Å². The van der Waals surface area contributed by atoms with Crippen molar-refractivity contribution in [3.63, 3.8) is 0 Å². The van der Waals surface area contributed by atoms with E-state index in [1.54, 1.807) is 31.2 Å². The average Bonchev–Trinajstić information content (AvgIpc) is 2.33. The van der Waals surface area contributed by atoms with Crippen LogP contribution in [0.4, 0.5) is 8.78 Å². The summed E-state index contributed by atoms with van der Waals surface area (Å²) in [6, 6.07) is 6.04. The molecule has 18 heavy (non-hydrogen) atoms. The van der Waals surface area contributed by atoms with Crippen LogP contribution in [0.1, 0.15) is 12.5 Å². The molecule has 0 aliphatic rings. The molecule has 0 aliphatic heterocycles. The molecule has 4 nitrogen and oxygen atoms in total. The Labute approximate surface area is 104 Å². The highest BCUT2D eigenvalue weighted by molar-refractivity contribution is 5.80. The Balaban J connectivity index is 2.51. The van der Waals surface area contributed by atoms with Gasteiger partial charge in [0, 0.05) is 6.54 Å². The molecule has 1 aromatic rings. The predicted molar refractivity (Wildman–Crippen MR) is 63.4 cm³/mol. The van der Waals surface area contributed by atoms with Gasteiger partial charge in [0.25, 0.3) is 6.43 Å². The van der Waals surface area contributed by atoms with Crippen molar-refractivity contribution in [1.29, 1.82) is 0 Å². The maximum absolute atomic E-state index is 12.0. The number of nitrogens with two attached hydrogens (primary N) is 1. The Kier molecular flexibility index (Phi) is 5.51. The minimum atomic E-state index is -2.51. The number of alkyl halides is 2. The SMILES string of the molecule is C[C@@H](N)C(=O)NCc1cccc(OCC(F)F)c1. The van der Waals surface area contributed by atoms with Crippen LogP contribution in [0.3, 0.4) is 0 Å². The second kappa shape index (κ2) is 6.90.